The Hall–Kier alpha value is -0.520. The van der Waals surface area contributed by atoms with Crippen LogP contribution in [0.3, 0.4) is 0 Å². The van der Waals surface area contributed by atoms with Crippen molar-refractivity contribution >= 4 is 22.5 Å². The van der Waals surface area contributed by atoms with Gasteiger partial charge in [-0.2, -0.15) is 0 Å². The SMILES string of the molecule is CC#Cc1ccc(SS)cc1. The lowest BCUT2D eigenvalue weighted by atomic mass is 10.2. The molecule has 0 fully saturated rings. The van der Waals surface area contributed by atoms with Crippen molar-refractivity contribution in [2.75, 3.05) is 0 Å². The Labute approximate surface area is 76.2 Å². The van der Waals surface area contributed by atoms with Crippen LogP contribution in [-0.2, 0) is 0 Å². The lowest BCUT2D eigenvalue weighted by Gasteiger charge is -1.93. The van der Waals surface area contributed by atoms with Crippen LogP contribution >= 0.6 is 22.5 Å². The van der Waals surface area contributed by atoms with Crippen LogP contribution in [0, 0.1) is 11.8 Å². The highest BCUT2D eigenvalue weighted by Gasteiger charge is 1.88. The van der Waals surface area contributed by atoms with Crippen LogP contribution in [0.4, 0.5) is 0 Å². The van der Waals surface area contributed by atoms with E-state index >= 15 is 0 Å². The molecule has 0 saturated heterocycles. The van der Waals surface area contributed by atoms with E-state index in [4.69, 9.17) is 0 Å². The maximum atomic E-state index is 4.08. The first kappa shape index (κ1) is 8.58. The van der Waals surface area contributed by atoms with Crippen molar-refractivity contribution < 1.29 is 0 Å². The zero-order chi connectivity index (χ0) is 8.10. The summed E-state index contributed by atoms with van der Waals surface area (Å²) in [5.41, 5.74) is 1.05. The van der Waals surface area contributed by atoms with Crippen molar-refractivity contribution in [2.45, 2.75) is 11.8 Å². The minimum Gasteiger partial charge on any atom is -0.106 e. The van der Waals surface area contributed by atoms with Crippen molar-refractivity contribution in [3.63, 3.8) is 0 Å². The third kappa shape index (κ3) is 2.53. The van der Waals surface area contributed by atoms with Gasteiger partial charge in [-0.15, -0.1) is 17.6 Å². The normalized spacial score (nSPS) is 8.55. The maximum Gasteiger partial charge on any atom is 0.0245 e. The van der Waals surface area contributed by atoms with Gasteiger partial charge in [-0.1, -0.05) is 16.7 Å². The highest BCUT2D eigenvalue weighted by Crippen LogP contribution is 2.20. The Morgan fingerprint density at radius 1 is 1.27 bits per heavy atom. The van der Waals surface area contributed by atoms with Gasteiger partial charge in [0.25, 0.3) is 0 Å². The summed E-state index contributed by atoms with van der Waals surface area (Å²) in [6, 6.07) is 8.01. The van der Waals surface area contributed by atoms with E-state index in [1.165, 1.54) is 10.8 Å². The van der Waals surface area contributed by atoms with Crippen LogP contribution in [0.1, 0.15) is 12.5 Å². The second-order valence-corrected chi connectivity index (χ2v) is 3.19. The molecule has 56 valence electrons. The van der Waals surface area contributed by atoms with Crippen molar-refractivity contribution in [3.8, 4) is 11.8 Å². The van der Waals surface area contributed by atoms with Crippen molar-refractivity contribution in [1.82, 2.24) is 0 Å². The van der Waals surface area contributed by atoms with Crippen molar-refractivity contribution in [3.05, 3.63) is 29.8 Å². The first-order valence-corrected chi connectivity index (χ1v) is 5.08. The zero-order valence-corrected chi connectivity index (χ0v) is 7.88. The van der Waals surface area contributed by atoms with Gasteiger partial charge in [-0.25, -0.2) is 0 Å². The summed E-state index contributed by atoms with van der Waals surface area (Å²) in [6.45, 7) is 1.83. The molecular weight excluding hydrogens is 172 g/mol. The molecular formula is C9H8S2. The van der Waals surface area contributed by atoms with E-state index in [0.717, 1.165) is 10.5 Å². The van der Waals surface area contributed by atoms with Gasteiger partial charge in [0.2, 0.25) is 0 Å². The summed E-state index contributed by atoms with van der Waals surface area (Å²) in [4.78, 5) is 1.15. The average Bonchev–Trinajstić information content (AvgIpc) is 2.07. The first-order valence-electron chi connectivity index (χ1n) is 3.21. The molecule has 0 heterocycles. The number of rotatable bonds is 1. The van der Waals surface area contributed by atoms with E-state index < -0.39 is 0 Å². The predicted molar refractivity (Wildman–Crippen MR) is 53.8 cm³/mol. The molecule has 0 atom stereocenters. The fraction of sp³-hybridized carbons (Fsp3) is 0.111. The summed E-state index contributed by atoms with van der Waals surface area (Å²) >= 11 is 4.08. The molecule has 0 radical (unpaired) electrons. The van der Waals surface area contributed by atoms with E-state index in [0.29, 0.717) is 0 Å². The fourth-order valence-corrected chi connectivity index (χ4v) is 1.37. The molecule has 0 N–H and O–H groups in total. The van der Waals surface area contributed by atoms with Gasteiger partial charge in [-0.05, 0) is 31.2 Å². The highest BCUT2D eigenvalue weighted by atomic mass is 33.1. The fourth-order valence-electron chi connectivity index (χ4n) is 0.743. The third-order valence-electron chi connectivity index (χ3n) is 1.23. The van der Waals surface area contributed by atoms with Crippen LogP contribution in [0.2, 0.25) is 0 Å². The van der Waals surface area contributed by atoms with E-state index in [2.05, 4.69) is 23.5 Å². The Morgan fingerprint density at radius 2 is 1.91 bits per heavy atom. The largest absolute Gasteiger partial charge is 0.106 e. The summed E-state index contributed by atoms with van der Waals surface area (Å²) in [5.74, 6) is 5.82. The summed E-state index contributed by atoms with van der Waals surface area (Å²) in [7, 11) is 1.44. The molecule has 1 aromatic carbocycles. The van der Waals surface area contributed by atoms with Gasteiger partial charge in [0.15, 0.2) is 0 Å². The molecule has 0 aliphatic carbocycles. The third-order valence-corrected chi connectivity index (χ3v) is 2.34. The topological polar surface area (TPSA) is 0 Å². The minimum atomic E-state index is 1.05. The van der Waals surface area contributed by atoms with Crippen LogP contribution < -0.4 is 0 Å². The molecule has 11 heavy (non-hydrogen) atoms. The average molecular weight is 180 g/mol. The molecule has 0 aliphatic rings. The van der Waals surface area contributed by atoms with Crippen LogP contribution in [0.5, 0.6) is 0 Å². The number of benzene rings is 1. The predicted octanol–water partition coefficient (Wildman–Crippen LogP) is 2.99. The maximum absolute atomic E-state index is 4.08. The Bertz CT molecular complexity index is 277. The molecule has 0 unspecified atom stereocenters. The van der Waals surface area contributed by atoms with Gasteiger partial charge in [0.1, 0.15) is 0 Å². The van der Waals surface area contributed by atoms with E-state index in [1.807, 2.05) is 31.2 Å². The second-order valence-electron chi connectivity index (χ2n) is 1.99. The minimum absolute atomic E-state index is 1.05. The highest BCUT2D eigenvalue weighted by molar-refractivity contribution is 8.68. The Balaban J connectivity index is 2.88. The molecule has 0 spiro atoms. The van der Waals surface area contributed by atoms with Gasteiger partial charge >= 0.3 is 0 Å². The van der Waals surface area contributed by atoms with E-state index in [9.17, 15) is 0 Å². The molecule has 0 saturated carbocycles. The smallest absolute Gasteiger partial charge is 0.0245 e. The number of hydrogen-bond donors (Lipinski definition) is 1. The van der Waals surface area contributed by atoms with Gasteiger partial charge in [-0.3, -0.25) is 0 Å². The lowest BCUT2D eigenvalue weighted by molar-refractivity contribution is 1.46. The van der Waals surface area contributed by atoms with Crippen molar-refractivity contribution in [2.24, 2.45) is 0 Å². The van der Waals surface area contributed by atoms with Crippen LogP contribution in [0.25, 0.3) is 0 Å². The molecule has 1 rings (SSSR count). The van der Waals surface area contributed by atoms with E-state index in [-0.39, 0.29) is 0 Å². The summed E-state index contributed by atoms with van der Waals surface area (Å²) in [5, 5.41) is 0. The second kappa shape index (κ2) is 4.38. The number of thiol groups is 1. The van der Waals surface area contributed by atoms with Crippen molar-refractivity contribution in [1.29, 1.82) is 0 Å². The van der Waals surface area contributed by atoms with Gasteiger partial charge in [0.05, 0.1) is 0 Å². The molecule has 0 aromatic heterocycles. The number of hydrogen-bond acceptors (Lipinski definition) is 2. The Morgan fingerprint density at radius 3 is 2.36 bits per heavy atom. The monoisotopic (exact) mass is 180 g/mol. The molecule has 0 aliphatic heterocycles. The molecule has 0 amide bonds. The first-order chi connectivity index (χ1) is 5.36. The zero-order valence-electron chi connectivity index (χ0n) is 6.16. The molecule has 1 aromatic rings. The molecule has 0 bridgehead atoms. The van der Waals surface area contributed by atoms with Crippen LogP contribution in [0.15, 0.2) is 29.2 Å². The summed E-state index contributed by atoms with van der Waals surface area (Å²) in [6.07, 6.45) is 0. The molecule has 0 nitrogen and oxygen atoms in total. The van der Waals surface area contributed by atoms with Gasteiger partial charge in [0, 0.05) is 10.5 Å². The quantitative estimate of drug-likeness (QED) is 0.394. The molecule has 2 heteroatoms. The van der Waals surface area contributed by atoms with Crippen LogP contribution in [-0.4, -0.2) is 0 Å². The Kier molecular flexibility index (Phi) is 3.41. The lowest BCUT2D eigenvalue weighted by Crippen LogP contribution is -1.72. The standard InChI is InChI=1S/C9H8S2/c1-2-3-8-4-6-9(11-10)7-5-8/h4-7,10H,1H3. The van der Waals surface area contributed by atoms with Gasteiger partial charge < -0.3 is 0 Å². The van der Waals surface area contributed by atoms with E-state index in [1.54, 1.807) is 0 Å². The summed E-state index contributed by atoms with van der Waals surface area (Å²) < 4.78 is 0.